The average Bonchev–Trinajstić information content (AvgIpc) is 2.14. The summed E-state index contributed by atoms with van der Waals surface area (Å²) in [5.74, 6) is -0.0974. The lowest BCUT2D eigenvalue weighted by molar-refractivity contribution is -0.137. The minimum Gasteiger partial charge on any atom is -0.383 e. The summed E-state index contributed by atoms with van der Waals surface area (Å²) in [5, 5.41) is 0. The second-order valence-electron chi connectivity index (χ2n) is 3.80. The van der Waals surface area contributed by atoms with Crippen molar-refractivity contribution in [3.63, 3.8) is 0 Å². The number of alkyl halides is 3. The van der Waals surface area contributed by atoms with Gasteiger partial charge in [-0.1, -0.05) is 15.9 Å². The van der Waals surface area contributed by atoms with E-state index in [0.29, 0.717) is 4.47 Å². The lowest BCUT2D eigenvalue weighted by atomic mass is 10.1. The molecule has 0 spiro atoms. The van der Waals surface area contributed by atoms with Gasteiger partial charge in [-0.2, -0.15) is 13.2 Å². The van der Waals surface area contributed by atoms with Crippen LogP contribution in [0.15, 0.2) is 27.7 Å². The first-order valence-corrected chi connectivity index (χ1v) is 5.71. The number of nitrogens with two attached hydrogens (primary N) is 1. The Morgan fingerprint density at radius 1 is 1.35 bits per heavy atom. The second kappa shape index (κ2) is 5.08. The Morgan fingerprint density at radius 3 is 2.41 bits per heavy atom. The van der Waals surface area contributed by atoms with Gasteiger partial charge in [-0.05, 0) is 32.0 Å². The number of rotatable bonds is 2. The molecule has 0 bridgehead atoms. The van der Waals surface area contributed by atoms with E-state index in [1.807, 2.05) is 0 Å². The number of hydrogen-bond donors (Lipinski definition) is 1. The van der Waals surface area contributed by atoms with Crippen LogP contribution in [-0.4, -0.2) is 11.9 Å². The van der Waals surface area contributed by atoms with Gasteiger partial charge in [0.25, 0.3) is 0 Å². The molecule has 0 aliphatic rings. The molecule has 0 fully saturated rings. The van der Waals surface area contributed by atoms with E-state index in [1.165, 1.54) is 12.1 Å². The smallest absolute Gasteiger partial charge is 0.383 e. The first-order valence-electron chi connectivity index (χ1n) is 4.92. The molecule has 0 aromatic heterocycles. The highest BCUT2D eigenvalue weighted by molar-refractivity contribution is 9.10. The van der Waals surface area contributed by atoms with Crippen LogP contribution >= 0.6 is 15.9 Å². The molecule has 0 saturated heterocycles. The highest BCUT2D eigenvalue weighted by atomic mass is 79.9. The van der Waals surface area contributed by atoms with Gasteiger partial charge in [-0.25, -0.2) is 0 Å². The van der Waals surface area contributed by atoms with E-state index < -0.39 is 11.7 Å². The lowest BCUT2D eigenvalue weighted by Crippen LogP contribution is -2.21. The zero-order valence-corrected chi connectivity index (χ0v) is 10.9. The predicted molar refractivity (Wildman–Crippen MR) is 65.0 cm³/mol. The second-order valence-corrected chi connectivity index (χ2v) is 4.71. The van der Waals surface area contributed by atoms with Crippen LogP contribution in [0.4, 0.5) is 13.2 Å². The Labute approximate surface area is 106 Å². The number of hydrogen-bond acceptors (Lipinski definition) is 1. The monoisotopic (exact) mass is 308 g/mol. The van der Waals surface area contributed by atoms with E-state index in [9.17, 15) is 13.2 Å². The minimum atomic E-state index is -4.45. The Balaban J connectivity index is 3.34. The van der Waals surface area contributed by atoms with E-state index in [4.69, 9.17) is 5.73 Å². The molecule has 1 aromatic carbocycles. The van der Waals surface area contributed by atoms with Crippen molar-refractivity contribution in [1.29, 1.82) is 0 Å². The molecule has 17 heavy (non-hydrogen) atoms. The van der Waals surface area contributed by atoms with Crippen LogP contribution in [0, 0.1) is 0 Å². The molecule has 0 radical (unpaired) electrons. The standard InChI is InChI=1S/C11H12BrF3N2/c1-6(2)17-10(16)8-4-3-7(12)5-9(8)11(13,14)15/h3-6H,1-2H3,(H2,16,17). The van der Waals surface area contributed by atoms with Crippen LogP contribution in [0.3, 0.4) is 0 Å². The summed E-state index contributed by atoms with van der Waals surface area (Å²) in [4.78, 5) is 3.93. The van der Waals surface area contributed by atoms with Gasteiger partial charge in [0.2, 0.25) is 0 Å². The van der Waals surface area contributed by atoms with Crippen molar-refractivity contribution in [3.05, 3.63) is 33.8 Å². The maximum atomic E-state index is 12.8. The van der Waals surface area contributed by atoms with Gasteiger partial charge in [-0.3, -0.25) is 4.99 Å². The zero-order chi connectivity index (χ0) is 13.2. The number of nitrogens with zero attached hydrogens (tertiary/aromatic N) is 1. The molecule has 94 valence electrons. The first kappa shape index (κ1) is 14.0. The van der Waals surface area contributed by atoms with Gasteiger partial charge in [0.05, 0.1) is 5.56 Å². The van der Waals surface area contributed by atoms with E-state index in [2.05, 4.69) is 20.9 Å². The maximum absolute atomic E-state index is 12.8. The fourth-order valence-electron chi connectivity index (χ4n) is 1.32. The van der Waals surface area contributed by atoms with Crippen LogP contribution < -0.4 is 5.73 Å². The summed E-state index contributed by atoms with van der Waals surface area (Å²) in [5.41, 5.74) is 4.71. The molecule has 2 N–H and O–H groups in total. The highest BCUT2D eigenvalue weighted by Crippen LogP contribution is 2.33. The van der Waals surface area contributed by atoms with Crippen LogP contribution in [0.2, 0.25) is 0 Å². The molecule has 0 unspecified atom stereocenters. The van der Waals surface area contributed by atoms with Gasteiger partial charge in [0.1, 0.15) is 5.84 Å². The van der Waals surface area contributed by atoms with Crippen molar-refractivity contribution >= 4 is 21.8 Å². The molecule has 0 aliphatic heterocycles. The Bertz CT molecular complexity index is 439. The van der Waals surface area contributed by atoms with Crippen molar-refractivity contribution in [2.45, 2.75) is 26.1 Å². The third-order valence-electron chi connectivity index (χ3n) is 1.96. The fraction of sp³-hybridized carbons (Fsp3) is 0.364. The van der Waals surface area contributed by atoms with Gasteiger partial charge in [-0.15, -0.1) is 0 Å². The van der Waals surface area contributed by atoms with E-state index in [0.717, 1.165) is 6.07 Å². The van der Waals surface area contributed by atoms with Crippen molar-refractivity contribution in [3.8, 4) is 0 Å². The average molecular weight is 309 g/mol. The molecule has 0 saturated carbocycles. The van der Waals surface area contributed by atoms with Crippen molar-refractivity contribution in [1.82, 2.24) is 0 Å². The van der Waals surface area contributed by atoms with Crippen LogP contribution in [-0.2, 0) is 6.18 Å². The summed E-state index contributed by atoms with van der Waals surface area (Å²) in [6.07, 6.45) is -4.45. The minimum absolute atomic E-state index is 0.0885. The Kier molecular flexibility index (Phi) is 4.19. The number of aliphatic imine (C=N–C) groups is 1. The summed E-state index contributed by atoms with van der Waals surface area (Å²) >= 11 is 3.01. The van der Waals surface area contributed by atoms with Gasteiger partial charge in [0, 0.05) is 16.1 Å². The SMILES string of the molecule is CC(C)N=C(N)c1ccc(Br)cc1C(F)(F)F. The summed E-state index contributed by atoms with van der Waals surface area (Å²) in [6, 6.07) is 3.67. The number of halogens is 4. The van der Waals surface area contributed by atoms with Gasteiger partial charge < -0.3 is 5.73 Å². The normalized spacial score (nSPS) is 13.2. The van der Waals surface area contributed by atoms with Crippen LogP contribution in [0.1, 0.15) is 25.0 Å². The van der Waals surface area contributed by atoms with E-state index in [-0.39, 0.29) is 17.4 Å². The molecule has 0 amide bonds. The third-order valence-corrected chi connectivity index (χ3v) is 2.45. The highest BCUT2D eigenvalue weighted by Gasteiger charge is 2.34. The molecule has 0 heterocycles. The van der Waals surface area contributed by atoms with E-state index in [1.54, 1.807) is 13.8 Å². The molecular formula is C11H12BrF3N2. The number of amidine groups is 1. The van der Waals surface area contributed by atoms with Gasteiger partial charge >= 0.3 is 6.18 Å². The molecule has 1 aromatic rings. The Hall–Kier alpha value is -1.04. The van der Waals surface area contributed by atoms with Crippen molar-refractivity contribution in [2.24, 2.45) is 10.7 Å². The summed E-state index contributed by atoms with van der Waals surface area (Å²) in [6.45, 7) is 3.50. The van der Waals surface area contributed by atoms with Gasteiger partial charge in [0.15, 0.2) is 0 Å². The quantitative estimate of drug-likeness (QED) is 0.658. The molecule has 0 atom stereocenters. The maximum Gasteiger partial charge on any atom is 0.417 e. The fourth-order valence-corrected chi connectivity index (χ4v) is 1.68. The number of benzene rings is 1. The largest absolute Gasteiger partial charge is 0.417 e. The third kappa shape index (κ3) is 3.73. The topological polar surface area (TPSA) is 38.4 Å². The van der Waals surface area contributed by atoms with Crippen LogP contribution in [0.5, 0.6) is 0 Å². The molecule has 0 aliphatic carbocycles. The predicted octanol–water partition coefficient (Wildman–Crippen LogP) is 3.58. The first-order chi connectivity index (χ1) is 7.71. The molecule has 1 rings (SSSR count). The summed E-state index contributed by atoms with van der Waals surface area (Å²) in [7, 11) is 0. The lowest BCUT2D eigenvalue weighted by Gasteiger charge is -2.13. The summed E-state index contributed by atoms with van der Waals surface area (Å²) < 4.78 is 38.7. The van der Waals surface area contributed by atoms with E-state index >= 15 is 0 Å². The van der Waals surface area contributed by atoms with Crippen LogP contribution in [0.25, 0.3) is 0 Å². The Morgan fingerprint density at radius 2 is 1.94 bits per heavy atom. The molecule has 6 heteroatoms. The molecule has 2 nitrogen and oxygen atoms in total. The van der Waals surface area contributed by atoms with Crippen molar-refractivity contribution < 1.29 is 13.2 Å². The zero-order valence-electron chi connectivity index (χ0n) is 9.35. The van der Waals surface area contributed by atoms with Crippen molar-refractivity contribution in [2.75, 3.05) is 0 Å². The molecular weight excluding hydrogens is 297 g/mol.